The first-order valence-corrected chi connectivity index (χ1v) is 19.7. The largest absolute Gasteiger partial charge is 0.508 e. The number of phenolic OH excluding ortho intramolecular Hbond substituents is 1. The first kappa shape index (κ1) is 42.8. The van der Waals surface area contributed by atoms with Gasteiger partial charge in [0.25, 0.3) is 0 Å². The molecule has 0 aliphatic carbocycles. The highest BCUT2D eigenvalue weighted by molar-refractivity contribution is 6.15. The zero-order valence-corrected chi connectivity index (χ0v) is 34.7. The first-order chi connectivity index (χ1) is 31.8. The van der Waals surface area contributed by atoms with Crippen LogP contribution in [0.25, 0.3) is 77.5 Å². The second-order valence-corrected chi connectivity index (χ2v) is 14.6. The van der Waals surface area contributed by atoms with Crippen LogP contribution < -0.4 is 0 Å². The van der Waals surface area contributed by atoms with Crippen molar-refractivity contribution in [1.29, 1.82) is 0 Å². The van der Waals surface area contributed by atoms with Crippen molar-refractivity contribution in [3.05, 3.63) is 144 Å². The Kier molecular flexibility index (Phi) is 11.3. The van der Waals surface area contributed by atoms with E-state index in [0.717, 1.165) is 66.0 Å². The van der Waals surface area contributed by atoms with E-state index in [9.17, 15) is 29.7 Å². The van der Waals surface area contributed by atoms with Crippen molar-refractivity contribution < 1.29 is 39.3 Å². The van der Waals surface area contributed by atoms with E-state index in [2.05, 4.69) is 32.5 Å². The Morgan fingerprint density at radius 2 is 1.00 bits per heavy atom. The molecule has 0 spiro atoms. The lowest BCUT2D eigenvalue weighted by molar-refractivity contribution is -0.191. The molecule has 0 fully saturated rings. The van der Waals surface area contributed by atoms with Crippen LogP contribution in [0.4, 0.5) is 0 Å². The van der Waals surface area contributed by atoms with E-state index in [1.54, 1.807) is 62.1 Å². The summed E-state index contributed by atoms with van der Waals surface area (Å²) in [5, 5.41) is 49.6. The molecule has 16 heteroatoms. The van der Waals surface area contributed by atoms with E-state index < -0.39 is 5.97 Å². The summed E-state index contributed by atoms with van der Waals surface area (Å²) in [6.07, 6.45) is 14.6. The molecule has 320 valence electrons. The number of aromatic nitrogens is 8. The number of nitrogens with zero attached hydrogens (tertiary/aromatic N) is 8. The van der Waals surface area contributed by atoms with E-state index in [1.165, 1.54) is 19.1 Å². The van der Waals surface area contributed by atoms with E-state index in [1.807, 2.05) is 78.9 Å². The quantitative estimate of drug-likeness (QED) is 0.141. The SMILES string of the molecule is C#Cc1ccc2c(c1)c1cc(C#C)ccc1n2C(C)=O.CC(=O)n1c2ccc(-n3cc(-c4cccc(O)c4)nn3)cc2c2cc(-n3cc(-c4ccc(C(=O)O)c(O)c4)nn3)ccc21.O=C=O. The fourth-order valence-electron chi connectivity index (χ4n) is 7.75. The number of phenols is 2. The number of carboxylic acid groups (broad SMARTS) is 1. The summed E-state index contributed by atoms with van der Waals surface area (Å²) in [5.74, 6) is 3.60. The lowest BCUT2D eigenvalue weighted by atomic mass is 10.1. The van der Waals surface area contributed by atoms with Crippen LogP contribution in [0.15, 0.2) is 128 Å². The summed E-state index contributed by atoms with van der Waals surface area (Å²) in [5.41, 5.74) is 8.18. The van der Waals surface area contributed by atoms with Crippen LogP contribution >= 0.6 is 0 Å². The minimum Gasteiger partial charge on any atom is -0.508 e. The normalized spacial score (nSPS) is 10.7. The summed E-state index contributed by atoms with van der Waals surface area (Å²) < 4.78 is 6.54. The van der Waals surface area contributed by atoms with E-state index in [0.29, 0.717) is 22.6 Å². The number of fused-ring (bicyclic) bond motifs is 6. The highest BCUT2D eigenvalue weighted by atomic mass is 16.4. The fraction of sp³-hybridized carbons (Fsp3) is 0.0400. The molecule has 10 rings (SSSR count). The van der Waals surface area contributed by atoms with Crippen LogP contribution in [0.2, 0.25) is 0 Å². The summed E-state index contributed by atoms with van der Waals surface area (Å²) in [7, 11) is 0. The topological polar surface area (TPSA) is 217 Å². The molecule has 66 heavy (non-hydrogen) atoms. The predicted molar refractivity (Wildman–Crippen MR) is 243 cm³/mol. The molecule has 10 aromatic rings. The van der Waals surface area contributed by atoms with Crippen molar-refractivity contribution in [2.75, 3.05) is 0 Å². The number of aromatic hydroxyl groups is 2. The maximum absolute atomic E-state index is 12.7. The average molecular weight is 873 g/mol. The number of aromatic carboxylic acids is 1. The van der Waals surface area contributed by atoms with Crippen LogP contribution in [-0.4, -0.2) is 78.4 Å². The molecule has 0 amide bonds. The van der Waals surface area contributed by atoms with Gasteiger partial charge in [0.1, 0.15) is 28.5 Å². The third-order valence-electron chi connectivity index (χ3n) is 10.6. The molecule has 6 aromatic carbocycles. The third kappa shape index (κ3) is 7.89. The smallest absolute Gasteiger partial charge is 0.373 e. The molecule has 4 heterocycles. The van der Waals surface area contributed by atoms with Crippen LogP contribution in [0.5, 0.6) is 11.5 Å². The first-order valence-electron chi connectivity index (χ1n) is 19.7. The Hall–Kier alpha value is -9.89. The van der Waals surface area contributed by atoms with Crippen LogP contribution in [0.3, 0.4) is 0 Å². The second-order valence-electron chi connectivity index (χ2n) is 14.6. The van der Waals surface area contributed by atoms with Gasteiger partial charge in [-0.05, 0) is 97.1 Å². The van der Waals surface area contributed by atoms with Crippen molar-refractivity contribution in [3.8, 4) is 70.1 Å². The minimum absolute atomic E-state index is 0.0353. The Morgan fingerprint density at radius 1 is 0.561 bits per heavy atom. The fourth-order valence-corrected chi connectivity index (χ4v) is 7.75. The Morgan fingerprint density at radius 3 is 1.41 bits per heavy atom. The zero-order valence-electron chi connectivity index (χ0n) is 34.7. The van der Waals surface area contributed by atoms with Gasteiger partial charge in [0, 0.05) is 57.6 Å². The number of hydrogen-bond acceptors (Lipinski definition) is 11. The number of terminal acetylenes is 2. The highest BCUT2D eigenvalue weighted by Gasteiger charge is 2.18. The van der Waals surface area contributed by atoms with Gasteiger partial charge < -0.3 is 15.3 Å². The zero-order chi connectivity index (χ0) is 46.8. The molecule has 0 aliphatic heterocycles. The average Bonchev–Trinajstić information content (AvgIpc) is 4.12. The number of benzene rings is 6. The molecule has 16 nitrogen and oxygen atoms in total. The summed E-state index contributed by atoms with van der Waals surface area (Å²) >= 11 is 0. The maximum Gasteiger partial charge on any atom is 0.373 e. The predicted octanol–water partition coefficient (Wildman–Crippen LogP) is 7.89. The molecule has 0 saturated carbocycles. The lowest BCUT2D eigenvalue weighted by Gasteiger charge is -2.04. The summed E-state index contributed by atoms with van der Waals surface area (Å²) in [6, 6.07) is 33.5. The molecule has 0 atom stereocenters. The second kappa shape index (κ2) is 17.5. The Bertz CT molecular complexity index is 3670. The van der Waals surface area contributed by atoms with E-state index >= 15 is 0 Å². The minimum atomic E-state index is -1.23. The van der Waals surface area contributed by atoms with Gasteiger partial charge in [-0.15, -0.1) is 23.0 Å². The van der Waals surface area contributed by atoms with E-state index in [-0.39, 0.29) is 35.0 Å². The van der Waals surface area contributed by atoms with E-state index in [4.69, 9.17) is 22.4 Å². The molecular weight excluding hydrogens is 841 g/mol. The van der Waals surface area contributed by atoms with Crippen molar-refractivity contribution >= 4 is 67.5 Å². The molecule has 0 saturated heterocycles. The van der Waals surface area contributed by atoms with Crippen molar-refractivity contribution in [2.45, 2.75) is 13.8 Å². The lowest BCUT2D eigenvalue weighted by Crippen LogP contribution is -2.05. The molecule has 0 unspecified atom stereocenters. The van der Waals surface area contributed by atoms with Gasteiger partial charge in [0.2, 0.25) is 11.8 Å². The third-order valence-corrected chi connectivity index (χ3v) is 10.6. The standard InChI is InChI=1S/C31H21N7O5.C18H11NO.CO2/c1-17(39)38-28-9-6-20(36-15-26(32-34-36)18-3-2-4-22(40)11-18)13-24(28)25-14-21(7-10-29(25)38)37-16-27(33-35-37)19-5-8-23(31(42)43)30(41)12-19;1-4-13-6-8-17-15(10-13)16-11-14(5-2)7-9-18(16)19(17)12(3)20;2-1-3/h2-16,40-41H,1H3,(H,42,43);1-2,6-11H,3H3;. The van der Waals surface area contributed by atoms with Crippen molar-refractivity contribution in [2.24, 2.45) is 0 Å². The molecule has 0 bridgehead atoms. The van der Waals surface area contributed by atoms with Crippen LogP contribution in [0.1, 0.15) is 44.9 Å². The molecule has 3 N–H and O–H groups in total. The number of carbonyl (C=O) groups is 3. The number of carbonyl (C=O) groups excluding carboxylic acids is 4. The van der Waals surface area contributed by atoms with Gasteiger partial charge >= 0.3 is 12.1 Å². The van der Waals surface area contributed by atoms with Gasteiger partial charge in [-0.25, -0.2) is 14.2 Å². The number of hydrogen-bond donors (Lipinski definition) is 3. The molecule has 0 radical (unpaired) electrons. The van der Waals surface area contributed by atoms with Crippen LogP contribution in [0, 0.1) is 24.7 Å². The maximum atomic E-state index is 12.7. The van der Waals surface area contributed by atoms with Gasteiger partial charge in [-0.3, -0.25) is 18.7 Å². The number of carboxylic acids is 1. The van der Waals surface area contributed by atoms with Gasteiger partial charge in [0.15, 0.2) is 0 Å². The Labute approximate surface area is 373 Å². The van der Waals surface area contributed by atoms with Crippen LogP contribution in [-0.2, 0) is 9.59 Å². The molecule has 0 aliphatic rings. The number of rotatable bonds is 5. The monoisotopic (exact) mass is 872 g/mol. The molecular formula is C50H32N8O8. The van der Waals surface area contributed by atoms with Gasteiger partial charge in [0.05, 0.1) is 45.8 Å². The molecule has 4 aromatic heterocycles. The van der Waals surface area contributed by atoms with Gasteiger partial charge in [-0.1, -0.05) is 40.5 Å². The van der Waals surface area contributed by atoms with Gasteiger partial charge in [-0.2, -0.15) is 9.59 Å². The summed E-state index contributed by atoms with van der Waals surface area (Å²) in [4.78, 5) is 52.1. The highest BCUT2D eigenvalue weighted by Crippen LogP contribution is 2.34. The van der Waals surface area contributed by atoms with Crippen molar-refractivity contribution in [1.82, 2.24) is 39.1 Å². The van der Waals surface area contributed by atoms with Crippen molar-refractivity contribution in [3.63, 3.8) is 0 Å². The Balaban J connectivity index is 0.000000214. The summed E-state index contributed by atoms with van der Waals surface area (Å²) in [6.45, 7) is 3.05.